The van der Waals surface area contributed by atoms with Crippen LogP contribution in [0.4, 0.5) is 0 Å². The molecule has 3 nitrogen and oxygen atoms in total. The maximum atomic E-state index is 5.27. The largest absolute Gasteiger partial charge is 0.382 e. The summed E-state index contributed by atoms with van der Waals surface area (Å²) < 4.78 is 15.2. The summed E-state index contributed by atoms with van der Waals surface area (Å²) in [5, 5.41) is 0. The Balaban J connectivity index is 3.07. The van der Waals surface area contributed by atoms with Gasteiger partial charge in [0.2, 0.25) is 0 Å². The average Bonchev–Trinajstić information content (AvgIpc) is 2.05. The van der Waals surface area contributed by atoms with Gasteiger partial charge in [0.1, 0.15) is 0 Å². The Hall–Kier alpha value is -0.120. The Morgan fingerprint density at radius 1 is 1.18 bits per heavy atom. The van der Waals surface area contributed by atoms with Crippen molar-refractivity contribution in [1.29, 1.82) is 0 Å². The summed E-state index contributed by atoms with van der Waals surface area (Å²) in [6, 6.07) is 0. The number of hydrogen-bond donors (Lipinski definition) is 0. The van der Waals surface area contributed by atoms with E-state index in [4.69, 9.17) is 14.2 Å². The Kier molecular flexibility index (Phi) is 7.89. The molecule has 0 aromatic rings. The van der Waals surface area contributed by atoms with Gasteiger partial charge in [-0.25, -0.2) is 0 Å². The molecule has 0 aliphatic carbocycles. The molecule has 0 bridgehead atoms. The average molecular weight is 162 g/mol. The van der Waals surface area contributed by atoms with Crippen molar-refractivity contribution in [3.63, 3.8) is 0 Å². The van der Waals surface area contributed by atoms with Crippen molar-refractivity contribution in [3.05, 3.63) is 0 Å². The smallest absolute Gasteiger partial charge is 0.0802 e. The zero-order valence-electron chi connectivity index (χ0n) is 7.63. The van der Waals surface area contributed by atoms with E-state index in [9.17, 15) is 0 Å². The zero-order valence-corrected chi connectivity index (χ0v) is 7.63. The zero-order chi connectivity index (χ0) is 8.53. The molecule has 0 aliphatic rings. The van der Waals surface area contributed by atoms with Crippen molar-refractivity contribution in [2.45, 2.75) is 19.4 Å². The molecule has 0 fully saturated rings. The second-order valence-electron chi connectivity index (χ2n) is 2.33. The van der Waals surface area contributed by atoms with Crippen LogP contribution in [-0.4, -0.2) is 40.1 Å². The molecule has 0 saturated carbocycles. The van der Waals surface area contributed by atoms with E-state index in [1.54, 1.807) is 14.2 Å². The Bertz CT molecular complexity index is 71.7. The molecule has 0 radical (unpaired) electrons. The van der Waals surface area contributed by atoms with Gasteiger partial charge in [0.15, 0.2) is 0 Å². The standard InChI is InChI=1S/C8H18O3/c1-4-8(10-3)7-11-6-5-9-2/h8H,4-7H2,1-3H3. The van der Waals surface area contributed by atoms with Crippen molar-refractivity contribution in [2.75, 3.05) is 34.0 Å². The highest BCUT2D eigenvalue weighted by molar-refractivity contribution is 4.50. The molecule has 1 unspecified atom stereocenters. The molecular weight excluding hydrogens is 144 g/mol. The lowest BCUT2D eigenvalue weighted by molar-refractivity contribution is -0.00831. The Labute approximate surface area is 68.6 Å². The third-order valence-electron chi connectivity index (χ3n) is 1.52. The predicted molar refractivity (Wildman–Crippen MR) is 43.8 cm³/mol. The first-order valence-electron chi connectivity index (χ1n) is 3.94. The van der Waals surface area contributed by atoms with Crippen LogP contribution in [0.5, 0.6) is 0 Å². The number of hydrogen-bond acceptors (Lipinski definition) is 3. The first kappa shape index (κ1) is 10.9. The van der Waals surface area contributed by atoms with Gasteiger partial charge in [-0.1, -0.05) is 6.92 Å². The van der Waals surface area contributed by atoms with Gasteiger partial charge in [-0.3, -0.25) is 0 Å². The first-order chi connectivity index (χ1) is 5.35. The number of ether oxygens (including phenoxy) is 3. The fourth-order valence-corrected chi connectivity index (χ4v) is 0.710. The quantitative estimate of drug-likeness (QED) is 0.524. The molecule has 3 heteroatoms. The molecule has 68 valence electrons. The van der Waals surface area contributed by atoms with Gasteiger partial charge in [0.05, 0.1) is 25.9 Å². The van der Waals surface area contributed by atoms with E-state index in [1.165, 1.54) is 0 Å². The second kappa shape index (κ2) is 7.98. The van der Waals surface area contributed by atoms with E-state index in [2.05, 4.69) is 6.92 Å². The van der Waals surface area contributed by atoms with Crippen molar-refractivity contribution >= 4 is 0 Å². The molecular formula is C8H18O3. The first-order valence-corrected chi connectivity index (χ1v) is 3.94. The molecule has 11 heavy (non-hydrogen) atoms. The van der Waals surface area contributed by atoms with Gasteiger partial charge < -0.3 is 14.2 Å². The van der Waals surface area contributed by atoms with Gasteiger partial charge in [-0.2, -0.15) is 0 Å². The molecule has 0 aromatic carbocycles. The molecule has 0 N–H and O–H groups in total. The highest BCUT2D eigenvalue weighted by Gasteiger charge is 2.02. The summed E-state index contributed by atoms with van der Waals surface area (Å²) in [5.74, 6) is 0. The van der Waals surface area contributed by atoms with Crippen LogP contribution in [-0.2, 0) is 14.2 Å². The summed E-state index contributed by atoms with van der Waals surface area (Å²) in [6.45, 7) is 4.04. The van der Waals surface area contributed by atoms with Crippen LogP contribution >= 0.6 is 0 Å². The maximum Gasteiger partial charge on any atom is 0.0802 e. The minimum Gasteiger partial charge on any atom is -0.382 e. The summed E-state index contributed by atoms with van der Waals surface area (Å²) in [4.78, 5) is 0. The van der Waals surface area contributed by atoms with Crippen LogP contribution in [0.1, 0.15) is 13.3 Å². The van der Waals surface area contributed by atoms with Gasteiger partial charge >= 0.3 is 0 Å². The Morgan fingerprint density at radius 3 is 2.36 bits per heavy atom. The maximum absolute atomic E-state index is 5.27. The molecule has 0 spiro atoms. The van der Waals surface area contributed by atoms with E-state index in [0.29, 0.717) is 19.8 Å². The van der Waals surface area contributed by atoms with Gasteiger partial charge in [0.25, 0.3) is 0 Å². The van der Waals surface area contributed by atoms with E-state index in [-0.39, 0.29) is 6.10 Å². The predicted octanol–water partition coefficient (Wildman–Crippen LogP) is 1.07. The normalized spacial score (nSPS) is 13.4. The van der Waals surface area contributed by atoms with Crippen LogP contribution in [0.25, 0.3) is 0 Å². The highest BCUT2D eigenvalue weighted by atomic mass is 16.5. The topological polar surface area (TPSA) is 27.7 Å². The SMILES string of the molecule is CCC(COCCOC)OC. The molecule has 0 heterocycles. The van der Waals surface area contributed by atoms with Crippen molar-refractivity contribution in [2.24, 2.45) is 0 Å². The van der Waals surface area contributed by atoms with E-state index in [0.717, 1.165) is 6.42 Å². The van der Waals surface area contributed by atoms with Gasteiger partial charge in [-0.05, 0) is 6.42 Å². The van der Waals surface area contributed by atoms with Gasteiger partial charge in [0, 0.05) is 14.2 Å². The second-order valence-corrected chi connectivity index (χ2v) is 2.33. The summed E-state index contributed by atoms with van der Waals surface area (Å²) in [6.07, 6.45) is 1.22. The summed E-state index contributed by atoms with van der Waals surface area (Å²) in [7, 11) is 3.37. The molecule has 0 aliphatic heterocycles. The summed E-state index contributed by atoms with van der Waals surface area (Å²) >= 11 is 0. The lowest BCUT2D eigenvalue weighted by Gasteiger charge is -2.12. The van der Waals surface area contributed by atoms with Crippen molar-refractivity contribution in [1.82, 2.24) is 0 Å². The van der Waals surface area contributed by atoms with Crippen molar-refractivity contribution < 1.29 is 14.2 Å². The van der Waals surface area contributed by atoms with E-state index < -0.39 is 0 Å². The van der Waals surface area contributed by atoms with E-state index >= 15 is 0 Å². The molecule has 1 atom stereocenters. The minimum absolute atomic E-state index is 0.229. The van der Waals surface area contributed by atoms with E-state index in [1.807, 2.05) is 0 Å². The molecule has 0 amide bonds. The molecule has 0 saturated heterocycles. The van der Waals surface area contributed by atoms with Crippen LogP contribution in [0.3, 0.4) is 0 Å². The van der Waals surface area contributed by atoms with Gasteiger partial charge in [-0.15, -0.1) is 0 Å². The van der Waals surface area contributed by atoms with Crippen LogP contribution in [0.2, 0.25) is 0 Å². The van der Waals surface area contributed by atoms with Crippen molar-refractivity contribution in [3.8, 4) is 0 Å². The highest BCUT2D eigenvalue weighted by Crippen LogP contribution is 1.95. The third kappa shape index (κ3) is 6.28. The molecule has 0 rings (SSSR count). The fourth-order valence-electron chi connectivity index (χ4n) is 0.710. The van der Waals surface area contributed by atoms with Crippen LogP contribution < -0.4 is 0 Å². The Morgan fingerprint density at radius 2 is 1.91 bits per heavy atom. The number of rotatable bonds is 7. The monoisotopic (exact) mass is 162 g/mol. The molecule has 0 aromatic heterocycles. The fraction of sp³-hybridized carbons (Fsp3) is 1.00. The van der Waals surface area contributed by atoms with Crippen LogP contribution in [0.15, 0.2) is 0 Å². The minimum atomic E-state index is 0.229. The number of methoxy groups -OCH3 is 2. The van der Waals surface area contributed by atoms with Crippen LogP contribution in [0, 0.1) is 0 Å². The lowest BCUT2D eigenvalue weighted by atomic mass is 10.3. The lowest BCUT2D eigenvalue weighted by Crippen LogP contribution is -2.18. The third-order valence-corrected chi connectivity index (χ3v) is 1.52. The summed E-state index contributed by atoms with van der Waals surface area (Å²) in [5.41, 5.74) is 0.